The summed E-state index contributed by atoms with van der Waals surface area (Å²) in [5.74, 6) is 0.368. The van der Waals surface area contributed by atoms with E-state index in [-0.39, 0.29) is 22.4 Å². The summed E-state index contributed by atoms with van der Waals surface area (Å²) in [6, 6.07) is 4.73. The van der Waals surface area contributed by atoms with Gasteiger partial charge in [-0.2, -0.15) is 0 Å². The lowest BCUT2D eigenvalue weighted by molar-refractivity contribution is 0.0789. The van der Waals surface area contributed by atoms with Crippen LogP contribution in [0.1, 0.15) is 48.0 Å². The molecule has 0 aromatic heterocycles. The molecule has 5 heteroatoms. The maximum atomic E-state index is 13.4. The van der Waals surface area contributed by atoms with Gasteiger partial charge in [-0.15, -0.1) is 0 Å². The molecule has 0 saturated heterocycles. The SMILES string of the molecule is CC(C)(C)C[C@H](COc1ccc(F)c(Br)c1)O[Si](C)(C)C(C)(C)C. The van der Waals surface area contributed by atoms with E-state index >= 15 is 0 Å². The zero-order valence-corrected chi connectivity index (χ0v) is 18.9. The molecule has 0 aliphatic carbocycles. The maximum Gasteiger partial charge on any atom is 0.192 e. The maximum absolute atomic E-state index is 13.4. The molecule has 0 spiro atoms. The Morgan fingerprint density at radius 1 is 1.12 bits per heavy atom. The van der Waals surface area contributed by atoms with Gasteiger partial charge in [-0.25, -0.2) is 4.39 Å². The predicted molar refractivity (Wildman–Crippen MR) is 106 cm³/mol. The van der Waals surface area contributed by atoms with Crippen LogP contribution in [0.25, 0.3) is 0 Å². The average Bonchev–Trinajstić information content (AvgIpc) is 2.36. The summed E-state index contributed by atoms with van der Waals surface area (Å²) >= 11 is 3.20. The standard InChI is InChI=1S/C19H32BrFO2Si/c1-18(2,3)12-15(23-24(7,8)19(4,5)6)13-22-14-9-10-17(21)16(20)11-14/h9-11,15H,12-13H2,1-8H3/t15-/m1/s1. The minimum atomic E-state index is -1.88. The first-order valence-electron chi connectivity index (χ1n) is 8.47. The topological polar surface area (TPSA) is 18.5 Å². The number of rotatable bonds is 6. The van der Waals surface area contributed by atoms with Gasteiger partial charge in [0.05, 0.1) is 10.6 Å². The van der Waals surface area contributed by atoms with Crippen LogP contribution in [0.15, 0.2) is 22.7 Å². The van der Waals surface area contributed by atoms with Gasteiger partial charge in [0.15, 0.2) is 8.32 Å². The Balaban J connectivity index is 2.84. The van der Waals surface area contributed by atoms with E-state index in [0.29, 0.717) is 16.8 Å². The lowest BCUT2D eigenvalue weighted by atomic mass is 9.89. The fraction of sp³-hybridized carbons (Fsp3) is 0.684. The highest BCUT2D eigenvalue weighted by molar-refractivity contribution is 9.10. The van der Waals surface area contributed by atoms with Crippen molar-refractivity contribution >= 4 is 24.2 Å². The Kier molecular flexibility index (Phi) is 7.10. The Hall–Kier alpha value is -0.393. The summed E-state index contributed by atoms with van der Waals surface area (Å²) < 4.78 is 26.3. The third-order valence-electron chi connectivity index (χ3n) is 4.43. The van der Waals surface area contributed by atoms with E-state index in [0.717, 1.165) is 6.42 Å². The van der Waals surface area contributed by atoms with Crippen molar-refractivity contribution in [3.05, 3.63) is 28.5 Å². The van der Waals surface area contributed by atoms with Crippen molar-refractivity contribution in [1.82, 2.24) is 0 Å². The first kappa shape index (κ1) is 21.6. The van der Waals surface area contributed by atoms with Crippen LogP contribution in [0.3, 0.4) is 0 Å². The van der Waals surface area contributed by atoms with Crippen LogP contribution in [-0.2, 0) is 4.43 Å². The molecule has 2 nitrogen and oxygen atoms in total. The van der Waals surface area contributed by atoms with Crippen molar-refractivity contribution < 1.29 is 13.6 Å². The molecule has 0 radical (unpaired) electrons. The Labute approximate surface area is 156 Å². The summed E-state index contributed by atoms with van der Waals surface area (Å²) in [7, 11) is -1.88. The molecule has 138 valence electrons. The molecule has 0 heterocycles. The molecular weight excluding hydrogens is 387 g/mol. The molecule has 0 fully saturated rings. The number of ether oxygens (including phenoxy) is 1. The van der Waals surface area contributed by atoms with Gasteiger partial charge in [-0.3, -0.25) is 0 Å². The highest BCUT2D eigenvalue weighted by Crippen LogP contribution is 2.38. The second-order valence-electron chi connectivity index (χ2n) is 9.15. The third kappa shape index (κ3) is 6.85. The summed E-state index contributed by atoms with van der Waals surface area (Å²) in [6.07, 6.45) is 0.941. The molecule has 24 heavy (non-hydrogen) atoms. The zero-order chi connectivity index (χ0) is 18.8. The van der Waals surface area contributed by atoms with Crippen molar-refractivity contribution in [3.63, 3.8) is 0 Å². The Bertz CT molecular complexity index is 547. The van der Waals surface area contributed by atoms with E-state index in [1.165, 1.54) is 6.07 Å². The van der Waals surface area contributed by atoms with E-state index in [1.807, 2.05) is 0 Å². The zero-order valence-electron chi connectivity index (χ0n) is 16.3. The van der Waals surface area contributed by atoms with Crippen LogP contribution < -0.4 is 4.74 Å². The molecular formula is C19H32BrFO2Si. The van der Waals surface area contributed by atoms with Crippen LogP contribution in [0.4, 0.5) is 4.39 Å². The van der Waals surface area contributed by atoms with E-state index in [1.54, 1.807) is 12.1 Å². The molecule has 0 bridgehead atoms. The van der Waals surface area contributed by atoms with Gasteiger partial charge >= 0.3 is 0 Å². The molecule has 1 rings (SSSR count). The smallest absolute Gasteiger partial charge is 0.192 e. The quantitative estimate of drug-likeness (QED) is 0.473. The molecule has 1 aromatic rings. The lowest BCUT2D eigenvalue weighted by Crippen LogP contribution is -2.46. The van der Waals surface area contributed by atoms with Gasteiger partial charge in [0.25, 0.3) is 0 Å². The van der Waals surface area contributed by atoms with E-state index in [4.69, 9.17) is 9.16 Å². The minimum Gasteiger partial charge on any atom is -0.491 e. The van der Waals surface area contributed by atoms with Gasteiger partial charge in [0.2, 0.25) is 0 Å². The lowest BCUT2D eigenvalue weighted by Gasteiger charge is -2.40. The second-order valence-corrected chi connectivity index (χ2v) is 14.8. The number of hydrogen-bond acceptors (Lipinski definition) is 2. The molecule has 0 unspecified atom stereocenters. The average molecular weight is 419 g/mol. The van der Waals surface area contributed by atoms with Gasteiger partial charge in [-0.1, -0.05) is 41.5 Å². The molecule has 0 aliphatic rings. The monoisotopic (exact) mass is 418 g/mol. The summed E-state index contributed by atoms with van der Waals surface area (Å²) in [4.78, 5) is 0. The van der Waals surface area contributed by atoms with E-state index < -0.39 is 8.32 Å². The Morgan fingerprint density at radius 3 is 2.17 bits per heavy atom. The summed E-state index contributed by atoms with van der Waals surface area (Å²) in [6.45, 7) is 18.4. The van der Waals surface area contributed by atoms with Gasteiger partial charge in [-0.05, 0) is 64.1 Å². The number of hydrogen-bond donors (Lipinski definition) is 0. The van der Waals surface area contributed by atoms with Gasteiger partial charge < -0.3 is 9.16 Å². The molecule has 1 aromatic carbocycles. The van der Waals surface area contributed by atoms with Crippen LogP contribution in [0, 0.1) is 11.2 Å². The first-order chi connectivity index (χ1) is 10.7. The fourth-order valence-electron chi connectivity index (χ4n) is 2.17. The van der Waals surface area contributed by atoms with Crippen LogP contribution >= 0.6 is 15.9 Å². The van der Waals surface area contributed by atoms with Crippen molar-refractivity contribution in [3.8, 4) is 5.75 Å². The minimum absolute atomic E-state index is 0.0229. The van der Waals surface area contributed by atoms with Crippen molar-refractivity contribution in [2.24, 2.45) is 5.41 Å². The summed E-state index contributed by atoms with van der Waals surface area (Å²) in [5, 5.41) is 0.155. The molecule has 1 atom stereocenters. The summed E-state index contributed by atoms with van der Waals surface area (Å²) in [5.41, 5.74) is 0.153. The van der Waals surface area contributed by atoms with E-state index in [9.17, 15) is 4.39 Å². The second kappa shape index (κ2) is 7.88. The highest BCUT2D eigenvalue weighted by Gasteiger charge is 2.40. The van der Waals surface area contributed by atoms with Crippen LogP contribution in [-0.4, -0.2) is 21.0 Å². The van der Waals surface area contributed by atoms with Crippen LogP contribution in [0.2, 0.25) is 18.1 Å². The number of benzene rings is 1. The number of halogens is 2. The molecule has 0 N–H and O–H groups in total. The van der Waals surface area contributed by atoms with Gasteiger partial charge in [0.1, 0.15) is 18.2 Å². The molecule has 0 aliphatic heterocycles. The fourth-order valence-corrected chi connectivity index (χ4v) is 3.86. The molecule has 0 amide bonds. The largest absolute Gasteiger partial charge is 0.491 e. The van der Waals surface area contributed by atoms with Gasteiger partial charge in [0, 0.05) is 0 Å². The van der Waals surface area contributed by atoms with Crippen molar-refractivity contribution in [2.75, 3.05) is 6.61 Å². The van der Waals surface area contributed by atoms with E-state index in [2.05, 4.69) is 70.6 Å². The molecule has 0 saturated carbocycles. The first-order valence-corrected chi connectivity index (χ1v) is 12.2. The Morgan fingerprint density at radius 2 is 1.71 bits per heavy atom. The predicted octanol–water partition coefficient (Wildman–Crippen LogP) is 6.79. The third-order valence-corrected chi connectivity index (χ3v) is 9.58. The van der Waals surface area contributed by atoms with Crippen molar-refractivity contribution in [1.29, 1.82) is 0 Å². The van der Waals surface area contributed by atoms with Crippen molar-refractivity contribution in [2.45, 2.75) is 72.2 Å². The van der Waals surface area contributed by atoms with Crippen LogP contribution in [0.5, 0.6) is 5.75 Å². The normalized spacial score (nSPS) is 14.6. The highest BCUT2D eigenvalue weighted by atomic mass is 79.9.